The first-order valence-electron chi connectivity index (χ1n) is 13.4. The molecule has 2 heterocycles. The van der Waals surface area contributed by atoms with Crippen LogP contribution in [-0.2, 0) is 18.9 Å². The third-order valence-electron chi connectivity index (χ3n) is 7.24. The lowest BCUT2D eigenvalue weighted by Gasteiger charge is -2.42. The van der Waals surface area contributed by atoms with Gasteiger partial charge in [0.25, 0.3) is 0 Å². The second kappa shape index (κ2) is 14.0. The van der Waals surface area contributed by atoms with E-state index in [0.29, 0.717) is 0 Å². The van der Waals surface area contributed by atoms with Crippen LogP contribution in [0.1, 0.15) is 20.7 Å². The lowest BCUT2D eigenvalue weighted by atomic mass is 9.98. The normalized spacial score (nSPS) is 29.6. The molecule has 248 valence electrons. The molecule has 8 atom stereocenters. The van der Waals surface area contributed by atoms with E-state index in [0.717, 1.165) is 0 Å². The van der Waals surface area contributed by atoms with Gasteiger partial charge in [-0.05, 0) is 30.3 Å². The van der Waals surface area contributed by atoms with Crippen molar-refractivity contribution in [2.75, 3.05) is 41.2 Å². The molecule has 2 aromatic rings. The number of methoxy groups -OCH3 is 3. The van der Waals surface area contributed by atoms with Crippen molar-refractivity contribution in [3.05, 3.63) is 41.5 Å². The smallest absolute Gasteiger partial charge is 0.338 e. The lowest BCUT2D eigenvalue weighted by Crippen LogP contribution is -2.62. The third-order valence-corrected chi connectivity index (χ3v) is 7.24. The highest BCUT2D eigenvalue weighted by molar-refractivity contribution is 5.91. The molecule has 17 nitrogen and oxygen atoms in total. The molecule has 0 unspecified atom stereocenters. The minimum atomic E-state index is -2.20. The van der Waals surface area contributed by atoms with Crippen LogP contribution in [0.15, 0.2) is 30.3 Å². The van der Waals surface area contributed by atoms with Gasteiger partial charge in [0.05, 0.1) is 45.7 Å². The summed E-state index contributed by atoms with van der Waals surface area (Å²) in [6.45, 7) is -2.12. The quantitative estimate of drug-likeness (QED) is 0.132. The summed E-state index contributed by atoms with van der Waals surface area (Å²) < 4.78 is 42.9. The molecule has 0 saturated carbocycles. The van der Waals surface area contributed by atoms with E-state index in [-0.39, 0.29) is 39.9 Å². The van der Waals surface area contributed by atoms with Crippen molar-refractivity contribution in [2.24, 2.45) is 0 Å². The Morgan fingerprint density at radius 3 is 2.11 bits per heavy atom. The van der Waals surface area contributed by atoms with E-state index < -0.39 is 80.5 Å². The highest BCUT2D eigenvalue weighted by Gasteiger charge is 2.54. The Bertz CT molecular complexity index is 1340. The maximum absolute atomic E-state index is 12.7. The Morgan fingerprint density at radius 2 is 1.53 bits per heavy atom. The number of benzene rings is 2. The largest absolute Gasteiger partial charge is 0.502 e. The Labute approximate surface area is 255 Å². The fourth-order valence-corrected chi connectivity index (χ4v) is 4.66. The van der Waals surface area contributed by atoms with Gasteiger partial charge in [0.1, 0.15) is 31.0 Å². The van der Waals surface area contributed by atoms with Gasteiger partial charge in [-0.25, -0.2) is 9.59 Å². The van der Waals surface area contributed by atoms with Crippen LogP contribution in [0.2, 0.25) is 0 Å². The summed E-state index contributed by atoms with van der Waals surface area (Å²) in [7, 11) is 3.78. The number of hydrogen-bond acceptors (Lipinski definition) is 16. The number of carboxylic acid groups (broad SMARTS) is 1. The highest BCUT2D eigenvalue weighted by Crippen LogP contribution is 2.38. The number of phenols is 1. The number of rotatable bonds is 12. The van der Waals surface area contributed by atoms with E-state index in [4.69, 9.17) is 37.9 Å². The minimum Gasteiger partial charge on any atom is -0.502 e. The van der Waals surface area contributed by atoms with Crippen molar-refractivity contribution in [2.45, 2.75) is 48.7 Å². The average Bonchev–Trinajstić information content (AvgIpc) is 3.32. The first-order valence-corrected chi connectivity index (χ1v) is 13.4. The number of carbonyl (C=O) groups is 2. The number of phenolic OH excluding ortho intramolecular Hbond substituents is 1. The molecule has 45 heavy (non-hydrogen) atoms. The Hall–Kier alpha value is -3.94. The summed E-state index contributed by atoms with van der Waals surface area (Å²) in [6, 6.07) is 5.99. The van der Waals surface area contributed by atoms with Crippen molar-refractivity contribution < 1.29 is 83.2 Å². The van der Waals surface area contributed by atoms with E-state index in [2.05, 4.69) is 0 Å². The molecule has 0 aromatic heterocycles. The van der Waals surface area contributed by atoms with E-state index in [1.54, 1.807) is 0 Å². The zero-order valence-corrected chi connectivity index (χ0v) is 24.3. The van der Waals surface area contributed by atoms with Crippen LogP contribution >= 0.6 is 0 Å². The van der Waals surface area contributed by atoms with Crippen molar-refractivity contribution in [1.29, 1.82) is 0 Å². The summed E-state index contributed by atoms with van der Waals surface area (Å²) in [5.41, 5.74) is -2.43. The summed E-state index contributed by atoms with van der Waals surface area (Å²) in [6.07, 6.45) is -11.6. The molecule has 17 heteroatoms. The molecule has 2 aliphatic heterocycles. The van der Waals surface area contributed by atoms with E-state index in [9.17, 15) is 45.3 Å². The average molecular weight is 643 g/mol. The predicted octanol–water partition coefficient (Wildman–Crippen LogP) is -1.38. The van der Waals surface area contributed by atoms with Crippen LogP contribution in [-0.4, -0.2) is 138 Å². The number of aliphatic hydroxyl groups is 5. The van der Waals surface area contributed by atoms with Gasteiger partial charge < -0.3 is 73.6 Å². The minimum absolute atomic E-state index is 0.0318. The fraction of sp³-hybridized carbons (Fsp3) is 0.500. The predicted molar refractivity (Wildman–Crippen MR) is 145 cm³/mol. The first-order chi connectivity index (χ1) is 21.4. The van der Waals surface area contributed by atoms with Crippen molar-refractivity contribution in [3.8, 4) is 28.7 Å². The molecule has 0 aliphatic carbocycles. The lowest BCUT2D eigenvalue weighted by molar-refractivity contribution is -0.319. The SMILES string of the molecule is COc1cc(C(=O)O)ccc1O[C@@H]1O[C@H](CO)[C@@H](O)[C@H](O)[C@H]1O[C@@H]1OC[C@](O)(COC(=O)c2cc(OC)c(O)c(OC)c2)[C@H]1O. The molecule has 2 saturated heterocycles. The molecular formula is C28H34O17. The number of aromatic carboxylic acids is 1. The molecule has 0 bridgehead atoms. The zero-order valence-electron chi connectivity index (χ0n) is 24.3. The number of carboxylic acids is 1. The van der Waals surface area contributed by atoms with E-state index in [1.807, 2.05) is 0 Å². The summed E-state index contributed by atoms with van der Waals surface area (Å²) in [5.74, 6) is -2.80. The molecule has 4 rings (SSSR count). The van der Waals surface area contributed by atoms with Crippen LogP contribution in [0.5, 0.6) is 28.7 Å². The fourth-order valence-electron chi connectivity index (χ4n) is 4.66. The van der Waals surface area contributed by atoms with Gasteiger partial charge in [0.15, 0.2) is 41.0 Å². The summed E-state index contributed by atoms with van der Waals surface area (Å²) >= 11 is 0. The number of esters is 1. The van der Waals surface area contributed by atoms with Crippen molar-refractivity contribution in [1.82, 2.24) is 0 Å². The molecule has 2 aliphatic rings. The molecule has 2 aromatic carbocycles. The number of ether oxygens (including phenoxy) is 8. The van der Waals surface area contributed by atoms with Gasteiger partial charge >= 0.3 is 11.9 Å². The number of aliphatic hydroxyl groups excluding tert-OH is 4. The van der Waals surface area contributed by atoms with Gasteiger partial charge in [-0.2, -0.15) is 0 Å². The zero-order chi connectivity index (χ0) is 33.1. The Balaban J connectivity index is 1.49. The summed E-state index contributed by atoms with van der Waals surface area (Å²) in [4.78, 5) is 24.1. The first kappa shape index (κ1) is 33.9. The maximum atomic E-state index is 12.7. The molecular weight excluding hydrogens is 608 g/mol. The molecule has 0 amide bonds. The van der Waals surface area contributed by atoms with Gasteiger partial charge in [-0.15, -0.1) is 0 Å². The van der Waals surface area contributed by atoms with Gasteiger partial charge in [0.2, 0.25) is 12.0 Å². The second-order valence-electron chi connectivity index (χ2n) is 10.1. The van der Waals surface area contributed by atoms with Crippen LogP contribution < -0.4 is 18.9 Å². The van der Waals surface area contributed by atoms with Crippen LogP contribution in [0, 0.1) is 0 Å². The third kappa shape index (κ3) is 7.00. The standard InChI is InChI=1S/C28H34O17/c1-38-15-6-12(24(34)35)4-5-14(15)43-26-22(21(32)20(31)18(9-29)44-26)45-27-23(33)28(37,11-42-27)10-41-25(36)13-7-16(39-2)19(30)17(8-13)40-3/h4-8,18,20-23,26-27,29-33,37H,9-11H2,1-3H3,(H,34,35)/t18-,20-,21+,22-,23+,26-,27+,28-/m1/s1. The Kier molecular flexibility index (Phi) is 10.6. The van der Waals surface area contributed by atoms with Gasteiger partial charge in [-0.1, -0.05) is 0 Å². The van der Waals surface area contributed by atoms with Crippen molar-refractivity contribution >= 4 is 11.9 Å². The number of aromatic hydroxyl groups is 1. The second-order valence-corrected chi connectivity index (χ2v) is 10.1. The molecule has 2 fully saturated rings. The molecule has 0 spiro atoms. The van der Waals surface area contributed by atoms with E-state index >= 15 is 0 Å². The molecule has 7 N–H and O–H groups in total. The van der Waals surface area contributed by atoms with Crippen LogP contribution in [0.4, 0.5) is 0 Å². The summed E-state index contributed by atoms with van der Waals surface area (Å²) in [5, 5.41) is 72.3. The van der Waals surface area contributed by atoms with Crippen molar-refractivity contribution in [3.63, 3.8) is 0 Å². The van der Waals surface area contributed by atoms with Gasteiger partial charge in [0, 0.05) is 0 Å². The van der Waals surface area contributed by atoms with Crippen LogP contribution in [0.25, 0.3) is 0 Å². The number of carbonyl (C=O) groups excluding carboxylic acids is 1. The molecule has 0 radical (unpaired) electrons. The monoisotopic (exact) mass is 642 g/mol. The van der Waals surface area contributed by atoms with Gasteiger partial charge in [-0.3, -0.25) is 0 Å². The highest BCUT2D eigenvalue weighted by atomic mass is 16.8. The number of hydrogen-bond donors (Lipinski definition) is 7. The topological polar surface area (TPSA) is 250 Å². The van der Waals surface area contributed by atoms with Crippen LogP contribution in [0.3, 0.4) is 0 Å². The van der Waals surface area contributed by atoms with E-state index in [1.165, 1.54) is 51.7 Å². The Morgan fingerprint density at radius 1 is 0.911 bits per heavy atom. The maximum Gasteiger partial charge on any atom is 0.338 e.